The highest BCUT2D eigenvalue weighted by Crippen LogP contribution is 2.40. The normalized spacial score (nSPS) is 22.6. The van der Waals surface area contributed by atoms with Crippen molar-refractivity contribution in [2.75, 3.05) is 27.0 Å². The second-order valence-electron chi connectivity index (χ2n) is 15.0. The Labute approximate surface area is 333 Å². The van der Waals surface area contributed by atoms with Crippen LogP contribution in [0.2, 0.25) is 0 Å². The van der Waals surface area contributed by atoms with E-state index in [1.807, 2.05) is 26.8 Å². The highest BCUT2D eigenvalue weighted by molar-refractivity contribution is 7.81. The van der Waals surface area contributed by atoms with Gasteiger partial charge in [-0.2, -0.15) is 18.4 Å². The summed E-state index contributed by atoms with van der Waals surface area (Å²) in [4.78, 5) is 60.0. The maximum absolute atomic E-state index is 13.8. The summed E-state index contributed by atoms with van der Waals surface area (Å²) in [6.45, 7) is 9.40. The van der Waals surface area contributed by atoms with Crippen molar-refractivity contribution >= 4 is 63.7 Å². The lowest BCUT2D eigenvalue weighted by Crippen LogP contribution is -2.52. The Kier molecular flexibility index (Phi) is 11.6. The Balaban J connectivity index is 1.10. The topological polar surface area (TPSA) is 160 Å². The van der Waals surface area contributed by atoms with Gasteiger partial charge in [-0.25, -0.2) is 4.98 Å². The molecule has 4 amide bonds. The van der Waals surface area contributed by atoms with Crippen molar-refractivity contribution in [2.45, 2.75) is 103 Å². The minimum absolute atomic E-state index is 0.0192. The summed E-state index contributed by atoms with van der Waals surface area (Å²) in [7, 11) is 0. The third-order valence-electron chi connectivity index (χ3n) is 10.6. The molecule has 3 saturated heterocycles. The molecule has 6 rings (SSSR count). The van der Waals surface area contributed by atoms with Gasteiger partial charge in [-0.1, -0.05) is 13.0 Å². The van der Waals surface area contributed by atoms with Crippen LogP contribution in [0, 0.1) is 11.3 Å². The molecule has 2 aromatic carbocycles. The van der Waals surface area contributed by atoms with Crippen molar-refractivity contribution in [3.63, 3.8) is 0 Å². The van der Waals surface area contributed by atoms with Gasteiger partial charge in [0.05, 0.1) is 41.3 Å². The Morgan fingerprint density at radius 1 is 1.07 bits per heavy atom. The Morgan fingerprint density at radius 3 is 2.42 bits per heavy atom. The van der Waals surface area contributed by atoms with Crippen molar-refractivity contribution < 1.29 is 37.1 Å². The number of thiocarbonyl (C=S) groups is 1. The number of hydrogen-bond acceptors (Lipinski definition) is 10. The zero-order chi connectivity index (χ0) is 41.4. The molecular formula is C40H43F3N8O5S. The summed E-state index contributed by atoms with van der Waals surface area (Å²) >= 11 is 5.71. The van der Waals surface area contributed by atoms with Crippen LogP contribution in [0.15, 0.2) is 54.7 Å². The second-order valence-corrected chi connectivity index (χ2v) is 15.4. The number of anilines is 4. The molecule has 0 bridgehead atoms. The van der Waals surface area contributed by atoms with Gasteiger partial charge >= 0.3 is 6.18 Å². The number of hydrogen-bond donors (Lipinski definition) is 3. The van der Waals surface area contributed by atoms with Gasteiger partial charge in [-0.3, -0.25) is 34.3 Å². The van der Waals surface area contributed by atoms with Gasteiger partial charge < -0.3 is 20.3 Å². The zero-order valence-corrected chi connectivity index (χ0v) is 32.9. The number of ether oxygens (including phenoxy) is 1. The molecule has 13 nitrogen and oxygen atoms in total. The number of rotatable bonds is 10. The third kappa shape index (κ3) is 8.57. The molecule has 4 atom stereocenters. The van der Waals surface area contributed by atoms with Gasteiger partial charge in [-0.05, 0) is 108 Å². The minimum atomic E-state index is -4.81. The number of aryl methyl sites for hydroxylation is 1. The number of pyridine rings is 1. The highest BCUT2D eigenvalue weighted by atomic mass is 32.1. The summed E-state index contributed by atoms with van der Waals surface area (Å²) in [5.74, 6) is -1.00. The predicted octanol–water partition coefficient (Wildman–Crippen LogP) is 5.93. The Morgan fingerprint density at radius 2 is 1.77 bits per heavy atom. The molecule has 17 heteroatoms. The van der Waals surface area contributed by atoms with E-state index in [0.29, 0.717) is 48.6 Å². The van der Waals surface area contributed by atoms with Crippen molar-refractivity contribution in [3.05, 3.63) is 71.4 Å². The van der Waals surface area contributed by atoms with Crippen LogP contribution < -0.4 is 30.5 Å². The van der Waals surface area contributed by atoms with Crippen LogP contribution in [0.3, 0.4) is 0 Å². The fraction of sp³-hybridized carbons (Fsp3) is 0.425. The van der Waals surface area contributed by atoms with Crippen LogP contribution >= 0.6 is 12.2 Å². The summed E-state index contributed by atoms with van der Waals surface area (Å²) in [6, 6.07) is 12.9. The van der Waals surface area contributed by atoms with E-state index >= 15 is 0 Å². The third-order valence-corrected chi connectivity index (χ3v) is 10.9. The Bertz CT molecular complexity index is 2150. The Hall–Kier alpha value is -5.60. The molecule has 3 aliphatic heterocycles. The molecule has 1 unspecified atom stereocenters. The molecule has 0 spiro atoms. The van der Waals surface area contributed by atoms with E-state index < -0.39 is 34.8 Å². The number of halogens is 3. The fourth-order valence-corrected chi connectivity index (χ4v) is 8.16. The van der Waals surface area contributed by atoms with Crippen molar-refractivity contribution in [2.24, 2.45) is 0 Å². The monoisotopic (exact) mass is 804 g/mol. The van der Waals surface area contributed by atoms with E-state index in [0.717, 1.165) is 22.6 Å². The lowest BCUT2D eigenvalue weighted by Gasteiger charge is -2.42. The molecule has 3 aromatic rings. The smallest absolute Gasteiger partial charge is 0.417 e. The average molecular weight is 805 g/mol. The van der Waals surface area contributed by atoms with Gasteiger partial charge in [0.15, 0.2) is 5.11 Å². The van der Waals surface area contributed by atoms with Crippen LogP contribution in [0.5, 0.6) is 5.88 Å². The van der Waals surface area contributed by atoms with Crippen LogP contribution in [0.25, 0.3) is 0 Å². The van der Waals surface area contributed by atoms with E-state index in [1.54, 1.807) is 49.1 Å². The molecule has 0 aliphatic carbocycles. The summed E-state index contributed by atoms with van der Waals surface area (Å²) in [5, 5.41) is 17.6. The molecule has 4 heterocycles. The summed E-state index contributed by atoms with van der Waals surface area (Å²) in [6.07, 6.45) is -1.11. The van der Waals surface area contributed by atoms with Crippen LogP contribution in [0.4, 0.5) is 35.9 Å². The fourth-order valence-electron chi connectivity index (χ4n) is 7.64. The van der Waals surface area contributed by atoms with Crippen LogP contribution in [-0.4, -0.2) is 74.9 Å². The van der Waals surface area contributed by atoms with Gasteiger partial charge in [0.1, 0.15) is 17.7 Å². The van der Waals surface area contributed by atoms with E-state index in [2.05, 4.69) is 25.8 Å². The second kappa shape index (κ2) is 16.1. The minimum Gasteiger partial charge on any atom is -0.474 e. The first kappa shape index (κ1) is 41.0. The number of piperidine rings is 2. The van der Waals surface area contributed by atoms with Crippen molar-refractivity contribution in [1.29, 1.82) is 5.26 Å². The maximum atomic E-state index is 13.8. The number of amides is 4. The number of likely N-dealkylation sites (tertiary alicyclic amines) is 1. The molecule has 3 N–H and O–H groups in total. The summed E-state index contributed by atoms with van der Waals surface area (Å²) < 4.78 is 47.9. The van der Waals surface area contributed by atoms with Crippen LogP contribution in [0.1, 0.15) is 77.0 Å². The molecule has 1 aromatic heterocycles. The number of imide groups is 1. The number of nitrogens with zero attached hydrogens (tertiary/aromatic N) is 5. The van der Waals surface area contributed by atoms with Crippen LogP contribution in [-0.2, 0) is 31.8 Å². The first-order valence-electron chi connectivity index (χ1n) is 18.6. The molecule has 3 fully saturated rings. The first-order chi connectivity index (χ1) is 26.9. The largest absolute Gasteiger partial charge is 0.474 e. The molecule has 3 aliphatic rings. The van der Waals surface area contributed by atoms with E-state index in [1.165, 1.54) is 12.3 Å². The first-order valence-corrected chi connectivity index (χ1v) is 19.0. The van der Waals surface area contributed by atoms with Crippen molar-refractivity contribution in [3.8, 4) is 11.9 Å². The zero-order valence-electron chi connectivity index (χ0n) is 32.1. The van der Waals surface area contributed by atoms with Gasteiger partial charge in [0.25, 0.3) is 5.91 Å². The van der Waals surface area contributed by atoms with E-state index in [4.69, 9.17) is 17.0 Å². The lowest BCUT2D eigenvalue weighted by molar-refractivity contribution is -0.138. The predicted molar refractivity (Wildman–Crippen MR) is 211 cm³/mol. The summed E-state index contributed by atoms with van der Waals surface area (Å²) in [5.41, 5.74) is -0.684. The molecule has 0 radical (unpaired) electrons. The quantitative estimate of drug-likeness (QED) is 0.165. The molecule has 300 valence electrons. The maximum Gasteiger partial charge on any atom is 0.417 e. The lowest BCUT2D eigenvalue weighted by atomic mass is 9.94. The number of nitrogens with one attached hydrogen (secondary N) is 3. The van der Waals surface area contributed by atoms with E-state index in [9.17, 15) is 37.6 Å². The number of aromatic nitrogens is 1. The van der Waals surface area contributed by atoms with Gasteiger partial charge in [-0.15, -0.1) is 0 Å². The van der Waals surface area contributed by atoms with Gasteiger partial charge in [0.2, 0.25) is 23.6 Å². The molecule has 0 saturated carbocycles. The highest BCUT2D eigenvalue weighted by Gasteiger charge is 2.51. The number of nitriles is 1. The van der Waals surface area contributed by atoms with E-state index in [-0.39, 0.29) is 59.7 Å². The SMILES string of the molecule is CCc1cc(N2C(=S)N(c3ccc(C#N)c(C(F)(F)F)c3)C(=O)C2(C)C)cnc1O[C@H]1C[C@@H](C)N(CC(=O)Nc2cccc(NC3CCC(=O)NC3=O)c2)[C@@H](C)C1. The van der Waals surface area contributed by atoms with Crippen molar-refractivity contribution in [1.82, 2.24) is 15.2 Å². The average Bonchev–Trinajstić information content (AvgIpc) is 3.32. The number of benzene rings is 2. The number of carbonyl (C=O) groups excluding carboxylic acids is 4. The number of carbonyl (C=O) groups is 4. The van der Waals surface area contributed by atoms with Gasteiger partial charge in [0, 0.05) is 35.4 Å². The number of alkyl halides is 3. The molecule has 57 heavy (non-hydrogen) atoms. The molecular weight excluding hydrogens is 762 g/mol. The standard InChI is InChI=1S/C40H43F3N8O5S/c1-6-24-16-29(51-38(57)50(37(55)39(51,4)5)28-11-10-25(19-44)31(18-28)40(41,42)43)20-45-36(24)56-30-14-22(2)49(23(3)15-30)21-34(53)47-27-9-7-8-26(17-27)46-32-12-13-33(52)48-35(32)54/h7-11,16-18,20,22-23,30,32,46H,6,12-15,21H2,1-5H3,(H,47,53)(H,48,52,54)/t22-,23+,30+,32?.